The highest BCUT2D eigenvalue weighted by atomic mass is 35.5. The second kappa shape index (κ2) is 7.18. The fourth-order valence-electron chi connectivity index (χ4n) is 2.84. The summed E-state index contributed by atoms with van der Waals surface area (Å²) in [6.45, 7) is 2.08. The van der Waals surface area contributed by atoms with Gasteiger partial charge < -0.3 is 9.80 Å². The number of anilines is 1. The SMILES string of the molecule is O=C(Cc1ccc(Cl)cc1F)N1CCN(c2ccccc2F)CC1. The van der Waals surface area contributed by atoms with Crippen LogP contribution in [0.4, 0.5) is 14.5 Å². The topological polar surface area (TPSA) is 23.6 Å². The third-order valence-corrected chi connectivity index (χ3v) is 4.42. The van der Waals surface area contributed by atoms with Crippen molar-refractivity contribution in [2.45, 2.75) is 6.42 Å². The first-order valence-corrected chi connectivity index (χ1v) is 8.13. The van der Waals surface area contributed by atoms with Gasteiger partial charge >= 0.3 is 0 Å². The van der Waals surface area contributed by atoms with Crippen LogP contribution in [-0.4, -0.2) is 37.0 Å². The molecule has 3 nitrogen and oxygen atoms in total. The molecule has 0 aliphatic carbocycles. The second-order valence-electron chi connectivity index (χ2n) is 5.73. The predicted octanol–water partition coefficient (Wildman–Crippen LogP) is 3.51. The molecule has 2 aromatic carbocycles. The molecule has 0 bridgehead atoms. The van der Waals surface area contributed by atoms with Crippen molar-refractivity contribution < 1.29 is 13.6 Å². The van der Waals surface area contributed by atoms with Crippen molar-refractivity contribution in [2.24, 2.45) is 0 Å². The Morgan fingerprint density at radius 2 is 1.71 bits per heavy atom. The molecule has 6 heteroatoms. The fourth-order valence-corrected chi connectivity index (χ4v) is 3.00. The quantitative estimate of drug-likeness (QED) is 0.845. The largest absolute Gasteiger partial charge is 0.366 e. The molecule has 3 rings (SSSR count). The van der Waals surface area contributed by atoms with E-state index in [1.54, 1.807) is 29.2 Å². The number of piperazine rings is 1. The highest BCUT2D eigenvalue weighted by molar-refractivity contribution is 6.30. The molecule has 1 aliphatic rings. The number of nitrogens with zero attached hydrogens (tertiary/aromatic N) is 2. The zero-order chi connectivity index (χ0) is 17.1. The number of hydrogen-bond donors (Lipinski definition) is 0. The van der Waals surface area contributed by atoms with E-state index in [9.17, 15) is 13.6 Å². The molecule has 0 unspecified atom stereocenters. The number of rotatable bonds is 3. The van der Waals surface area contributed by atoms with E-state index in [0.717, 1.165) is 0 Å². The summed E-state index contributed by atoms with van der Waals surface area (Å²) in [5.41, 5.74) is 0.884. The molecule has 0 saturated carbocycles. The zero-order valence-corrected chi connectivity index (χ0v) is 13.8. The van der Waals surface area contributed by atoms with Gasteiger partial charge in [0.25, 0.3) is 0 Å². The van der Waals surface area contributed by atoms with Crippen LogP contribution in [0.15, 0.2) is 42.5 Å². The molecular weight excluding hydrogens is 334 g/mol. The van der Waals surface area contributed by atoms with Crippen LogP contribution in [0.1, 0.15) is 5.56 Å². The number of amides is 1. The van der Waals surface area contributed by atoms with Crippen LogP contribution >= 0.6 is 11.6 Å². The van der Waals surface area contributed by atoms with E-state index < -0.39 is 5.82 Å². The molecule has 1 aliphatic heterocycles. The molecule has 0 radical (unpaired) electrons. The third kappa shape index (κ3) is 3.67. The van der Waals surface area contributed by atoms with Gasteiger partial charge in [0.2, 0.25) is 5.91 Å². The highest BCUT2D eigenvalue weighted by Crippen LogP contribution is 2.21. The van der Waals surface area contributed by atoms with E-state index in [4.69, 9.17) is 11.6 Å². The van der Waals surface area contributed by atoms with Gasteiger partial charge in [0.1, 0.15) is 11.6 Å². The van der Waals surface area contributed by atoms with Crippen molar-refractivity contribution in [1.82, 2.24) is 4.90 Å². The highest BCUT2D eigenvalue weighted by Gasteiger charge is 2.23. The van der Waals surface area contributed by atoms with E-state index in [1.807, 2.05) is 4.90 Å². The third-order valence-electron chi connectivity index (χ3n) is 4.18. The van der Waals surface area contributed by atoms with Crippen LogP contribution < -0.4 is 4.90 Å². The molecule has 0 atom stereocenters. The molecule has 0 aromatic heterocycles. The Bertz CT molecular complexity index is 746. The van der Waals surface area contributed by atoms with Crippen molar-refractivity contribution in [1.29, 1.82) is 0 Å². The molecule has 1 amide bonds. The van der Waals surface area contributed by atoms with E-state index in [-0.39, 0.29) is 18.1 Å². The Hall–Kier alpha value is -2.14. The number of halogens is 3. The van der Waals surface area contributed by atoms with Crippen molar-refractivity contribution >= 4 is 23.2 Å². The molecule has 126 valence electrons. The zero-order valence-electron chi connectivity index (χ0n) is 13.0. The molecule has 0 spiro atoms. The normalized spacial score (nSPS) is 14.8. The molecule has 1 heterocycles. The van der Waals surface area contributed by atoms with Crippen molar-refractivity contribution in [3.63, 3.8) is 0 Å². The van der Waals surface area contributed by atoms with Gasteiger partial charge in [0.05, 0.1) is 12.1 Å². The Labute approximate surface area is 144 Å². The summed E-state index contributed by atoms with van der Waals surface area (Å²) in [6, 6.07) is 10.9. The van der Waals surface area contributed by atoms with Crippen LogP contribution in [0.25, 0.3) is 0 Å². The van der Waals surface area contributed by atoms with Gasteiger partial charge in [-0.3, -0.25) is 4.79 Å². The maximum atomic E-state index is 13.8. The number of benzene rings is 2. The number of para-hydroxylation sites is 1. The van der Waals surface area contributed by atoms with Crippen molar-refractivity contribution in [3.8, 4) is 0 Å². The minimum atomic E-state index is -0.471. The monoisotopic (exact) mass is 350 g/mol. The van der Waals surface area contributed by atoms with Gasteiger partial charge in [-0.25, -0.2) is 8.78 Å². The summed E-state index contributed by atoms with van der Waals surface area (Å²) in [6.07, 6.45) is 0.00268. The standard InChI is InChI=1S/C18H17ClF2N2O/c19-14-6-5-13(16(21)12-14)11-18(24)23-9-7-22(8-10-23)17-4-2-1-3-15(17)20/h1-6,12H,7-11H2. The van der Waals surface area contributed by atoms with Gasteiger partial charge in [0, 0.05) is 31.2 Å². The predicted molar refractivity (Wildman–Crippen MR) is 90.3 cm³/mol. The van der Waals surface area contributed by atoms with Crippen LogP contribution in [0.5, 0.6) is 0 Å². The first kappa shape index (κ1) is 16.7. The van der Waals surface area contributed by atoms with Gasteiger partial charge in [-0.05, 0) is 29.8 Å². The number of hydrogen-bond acceptors (Lipinski definition) is 2. The Balaban J connectivity index is 1.60. The summed E-state index contributed by atoms with van der Waals surface area (Å²) < 4.78 is 27.6. The van der Waals surface area contributed by atoms with Gasteiger partial charge in [-0.15, -0.1) is 0 Å². The summed E-state index contributed by atoms with van der Waals surface area (Å²) >= 11 is 5.72. The Morgan fingerprint density at radius 3 is 2.38 bits per heavy atom. The summed E-state index contributed by atoms with van der Waals surface area (Å²) in [5, 5.41) is 0.308. The van der Waals surface area contributed by atoms with Gasteiger partial charge in [0.15, 0.2) is 0 Å². The van der Waals surface area contributed by atoms with Crippen LogP contribution in [0, 0.1) is 11.6 Å². The number of carbonyl (C=O) groups excluding carboxylic acids is 1. The summed E-state index contributed by atoms with van der Waals surface area (Å²) in [7, 11) is 0. The van der Waals surface area contributed by atoms with Crippen LogP contribution in [-0.2, 0) is 11.2 Å². The first-order valence-electron chi connectivity index (χ1n) is 7.76. The molecular formula is C18H17ClF2N2O. The van der Waals surface area contributed by atoms with E-state index >= 15 is 0 Å². The van der Waals surface area contributed by atoms with Gasteiger partial charge in [-0.1, -0.05) is 29.8 Å². The fraction of sp³-hybridized carbons (Fsp3) is 0.278. The van der Waals surface area contributed by atoms with Crippen molar-refractivity contribution in [2.75, 3.05) is 31.1 Å². The molecule has 24 heavy (non-hydrogen) atoms. The average molecular weight is 351 g/mol. The lowest BCUT2D eigenvalue weighted by molar-refractivity contribution is -0.130. The van der Waals surface area contributed by atoms with E-state index in [2.05, 4.69) is 0 Å². The Morgan fingerprint density at radius 1 is 1.00 bits per heavy atom. The number of carbonyl (C=O) groups is 1. The van der Waals surface area contributed by atoms with Crippen LogP contribution in [0.2, 0.25) is 5.02 Å². The van der Waals surface area contributed by atoms with Crippen LogP contribution in [0.3, 0.4) is 0 Å². The Kier molecular flexibility index (Phi) is 5.00. The maximum absolute atomic E-state index is 13.8. The maximum Gasteiger partial charge on any atom is 0.227 e. The molecule has 1 fully saturated rings. The minimum Gasteiger partial charge on any atom is -0.366 e. The first-order chi connectivity index (χ1) is 11.5. The lowest BCUT2D eigenvalue weighted by Crippen LogP contribution is -2.49. The summed E-state index contributed by atoms with van der Waals surface area (Å²) in [5.74, 6) is -0.870. The van der Waals surface area contributed by atoms with Crippen molar-refractivity contribution in [3.05, 3.63) is 64.7 Å². The smallest absolute Gasteiger partial charge is 0.227 e. The van der Waals surface area contributed by atoms with Gasteiger partial charge in [-0.2, -0.15) is 0 Å². The van der Waals surface area contributed by atoms with E-state index in [0.29, 0.717) is 42.5 Å². The molecule has 2 aromatic rings. The minimum absolute atomic E-state index is 0.00268. The van der Waals surface area contributed by atoms with E-state index in [1.165, 1.54) is 18.2 Å². The summed E-state index contributed by atoms with van der Waals surface area (Å²) in [4.78, 5) is 16.0. The molecule has 1 saturated heterocycles. The second-order valence-corrected chi connectivity index (χ2v) is 6.17. The molecule has 0 N–H and O–H groups in total. The lowest BCUT2D eigenvalue weighted by Gasteiger charge is -2.36. The average Bonchev–Trinajstić information content (AvgIpc) is 2.58. The lowest BCUT2D eigenvalue weighted by atomic mass is 10.1.